The summed E-state index contributed by atoms with van der Waals surface area (Å²) in [7, 11) is 0. The molecule has 1 saturated heterocycles. The number of hydrazine groups is 1. The van der Waals surface area contributed by atoms with E-state index in [4.69, 9.17) is 21.2 Å². The minimum atomic E-state index is -0.578. The Balaban J connectivity index is 1.29. The zero-order chi connectivity index (χ0) is 25.5. The van der Waals surface area contributed by atoms with Gasteiger partial charge in [-0.3, -0.25) is 5.01 Å². The predicted octanol–water partition coefficient (Wildman–Crippen LogP) is 1.39. The van der Waals surface area contributed by atoms with Crippen LogP contribution >= 0.6 is 0 Å². The standard InChI is InChI=1S/C22H27FN10O3/c1-2-35-21(34)15-10-26-22(27-11-15)31-7-5-17(6-8-31)33-29-12-16(30-33)13-36-20-4-3-18(9-19(20)23)32(25)14-28-24/h3-4,9-12,14,17H,2,5-8,13,24-25H2,1H3/b28-14-. The molecule has 0 aliphatic carbocycles. The molecule has 0 unspecified atom stereocenters. The molecule has 36 heavy (non-hydrogen) atoms. The van der Waals surface area contributed by atoms with Gasteiger partial charge >= 0.3 is 5.97 Å². The van der Waals surface area contributed by atoms with E-state index in [9.17, 15) is 9.18 Å². The number of halogens is 1. The predicted molar refractivity (Wildman–Crippen MR) is 129 cm³/mol. The number of carbonyl (C=O) groups excluding carboxylic acids is 1. The molecule has 1 aliphatic rings. The van der Waals surface area contributed by atoms with E-state index in [1.807, 2.05) is 4.90 Å². The fraction of sp³-hybridized carbons (Fsp3) is 0.364. The second-order valence-corrected chi connectivity index (χ2v) is 7.94. The largest absolute Gasteiger partial charge is 0.484 e. The van der Waals surface area contributed by atoms with Crippen molar-refractivity contribution in [3.05, 3.63) is 53.9 Å². The molecule has 0 saturated carbocycles. The van der Waals surface area contributed by atoms with Crippen LogP contribution in [0.4, 0.5) is 16.0 Å². The van der Waals surface area contributed by atoms with Crippen LogP contribution in [-0.2, 0) is 11.3 Å². The molecule has 0 spiro atoms. The molecule has 3 aromatic rings. The van der Waals surface area contributed by atoms with Gasteiger partial charge in [0.1, 0.15) is 18.6 Å². The van der Waals surface area contributed by atoms with Gasteiger partial charge in [0, 0.05) is 31.5 Å². The summed E-state index contributed by atoms with van der Waals surface area (Å²) in [6.45, 7) is 3.53. The van der Waals surface area contributed by atoms with Gasteiger partial charge in [-0.2, -0.15) is 20.1 Å². The highest BCUT2D eigenvalue weighted by Gasteiger charge is 2.24. The lowest BCUT2D eigenvalue weighted by atomic mass is 10.1. The fourth-order valence-corrected chi connectivity index (χ4v) is 3.71. The van der Waals surface area contributed by atoms with Gasteiger partial charge in [-0.15, -0.1) is 0 Å². The Morgan fingerprint density at radius 1 is 1.28 bits per heavy atom. The smallest absolute Gasteiger partial charge is 0.341 e. The number of rotatable bonds is 9. The van der Waals surface area contributed by atoms with Gasteiger partial charge in [-0.1, -0.05) is 0 Å². The number of hydrogen-bond donors (Lipinski definition) is 2. The van der Waals surface area contributed by atoms with E-state index < -0.39 is 11.8 Å². The Kier molecular flexibility index (Phi) is 7.85. The Morgan fingerprint density at radius 2 is 2.03 bits per heavy atom. The zero-order valence-electron chi connectivity index (χ0n) is 19.7. The maximum atomic E-state index is 14.4. The number of hydrogen-bond acceptors (Lipinski definition) is 11. The van der Waals surface area contributed by atoms with Crippen LogP contribution in [0.5, 0.6) is 5.75 Å². The van der Waals surface area contributed by atoms with Crippen LogP contribution in [0, 0.1) is 5.82 Å². The first kappa shape index (κ1) is 24.8. The van der Waals surface area contributed by atoms with Crippen LogP contribution in [0.3, 0.4) is 0 Å². The summed E-state index contributed by atoms with van der Waals surface area (Å²) in [5, 5.41) is 13.2. The summed E-state index contributed by atoms with van der Waals surface area (Å²) >= 11 is 0. The maximum Gasteiger partial charge on any atom is 0.341 e. The summed E-state index contributed by atoms with van der Waals surface area (Å²) in [6.07, 6.45) is 7.29. The van der Waals surface area contributed by atoms with Crippen LogP contribution < -0.4 is 26.3 Å². The molecule has 1 aliphatic heterocycles. The number of hydrazone groups is 1. The number of nitrogens with two attached hydrogens (primary N) is 2. The molecule has 13 nitrogen and oxygen atoms in total. The zero-order valence-corrected chi connectivity index (χ0v) is 19.7. The number of benzene rings is 1. The molecule has 0 radical (unpaired) electrons. The highest BCUT2D eigenvalue weighted by molar-refractivity contribution is 5.88. The van der Waals surface area contributed by atoms with Crippen molar-refractivity contribution in [2.24, 2.45) is 16.8 Å². The van der Waals surface area contributed by atoms with Crippen LogP contribution in [0.2, 0.25) is 0 Å². The molecule has 4 N–H and O–H groups in total. The minimum Gasteiger partial charge on any atom is -0.484 e. The molecular weight excluding hydrogens is 471 g/mol. The van der Waals surface area contributed by atoms with Crippen LogP contribution in [0.15, 0.2) is 41.9 Å². The average molecular weight is 499 g/mol. The SMILES string of the molecule is CCOC(=O)c1cnc(N2CCC(n3ncc(COc4ccc(N(N)/C=N\N)cc4F)n3)CC2)nc1. The van der Waals surface area contributed by atoms with E-state index in [1.165, 1.54) is 24.5 Å². The quantitative estimate of drug-likeness (QED) is 0.144. The Morgan fingerprint density at radius 3 is 2.69 bits per heavy atom. The first-order chi connectivity index (χ1) is 17.5. The molecule has 1 aromatic carbocycles. The average Bonchev–Trinajstić information content (AvgIpc) is 3.37. The van der Waals surface area contributed by atoms with E-state index >= 15 is 0 Å². The maximum absolute atomic E-state index is 14.4. The molecule has 14 heteroatoms. The third-order valence-electron chi connectivity index (χ3n) is 5.56. The summed E-state index contributed by atoms with van der Waals surface area (Å²) in [5.74, 6) is 10.3. The van der Waals surface area contributed by atoms with E-state index in [0.29, 0.717) is 42.6 Å². The summed E-state index contributed by atoms with van der Waals surface area (Å²) in [4.78, 5) is 24.1. The van der Waals surface area contributed by atoms with Gasteiger partial charge in [0.25, 0.3) is 0 Å². The van der Waals surface area contributed by atoms with Gasteiger partial charge in [-0.05, 0) is 31.9 Å². The normalized spacial score (nSPS) is 14.2. The molecule has 0 bridgehead atoms. The molecular formula is C22H27FN10O3. The van der Waals surface area contributed by atoms with Crippen molar-refractivity contribution in [3.63, 3.8) is 0 Å². The van der Waals surface area contributed by atoms with Crippen molar-refractivity contribution in [1.29, 1.82) is 0 Å². The lowest BCUT2D eigenvalue weighted by molar-refractivity contribution is 0.0525. The number of aromatic nitrogens is 5. The number of ether oxygens (including phenoxy) is 2. The van der Waals surface area contributed by atoms with Gasteiger partial charge in [0.05, 0.1) is 30.1 Å². The molecule has 190 valence electrons. The van der Waals surface area contributed by atoms with Gasteiger partial charge in [-0.25, -0.2) is 25.0 Å². The summed E-state index contributed by atoms with van der Waals surface area (Å²) in [6, 6.07) is 4.37. The Bertz CT molecular complexity index is 1200. The first-order valence-electron chi connectivity index (χ1n) is 11.3. The monoisotopic (exact) mass is 498 g/mol. The van der Waals surface area contributed by atoms with E-state index in [1.54, 1.807) is 24.0 Å². The molecule has 3 heterocycles. The minimum absolute atomic E-state index is 0.0619. The third-order valence-corrected chi connectivity index (χ3v) is 5.56. The number of carbonyl (C=O) groups is 1. The third kappa shape index (κ3) is 5.83. The molecule has 0 amide bonds. The van der Waals surface area contributed by atoms with Crippen molar-refractivity contribution < 1.29 is 18.7 Å². The lowest BCUT2D eigenvalue weighted by Gasteiger charge is -2.31. The molecule has 1 fully saturated rings. The van der Waals surface area contributed by atoms with Crippen molar-refractivity contribution in [2.75, 3.05) is 29.6 Å². The number of nitrogens with zero attached hydrogens (tertiary/aromatic N) is 8. The molecule has 0 atom stereocenters. The van der Waals surface area contributed by atoms with E-state index in [-0.39, 0.29) is 18.4 Å². The topological polar surface area (TPSA) is 163 Å². The van der Waals surface area contributed by atoms with Gasteiger partial charge in [0.2, 0.25) is 5.95 Å². The van der Waals surface area contributed by atoms with Crippen LogP contribution in [-0.4, -0.2) is 57.0 Å². The van der Waals surface area contributed by atoms with Crippen LogP contribution in [0.1, 0.15) is 41.9 Å². The number of piperidine rings is 1. The van der Waals surface area contributed by atoms with Crippen molar-refractivity contribution in [2.45, 2.75) is 32.4 Å². The lowest BCUT2D eigenvalue weighted by Crippen LogP contribution is -2.36. The fourth-order valence-electron chi connectivity index (χ4n) is 3.71. The Labute approximate surface area is 206 Å². The van der Waals surface area contributed by atoms with E-state index in [0.717, 1.165) is 24.2 Å². The number of esters is 1. The first-order valence-corrected chi connectivity index (χ1v) is 11.3. The van der Waals surface area contributed by atoms with Crippen molar-refractivity contribution >= 4 is 23.9 Å². The van der Waals surface area contributed by atoms with Crippen LogP contribution in [0.25, 0.3) is 0 Å². The molecule has 4 rings (SSSR count). The van der Waals surface area contributed by atoms with Gasteiger partial charge in [0.15, 0.2) is 11.6 Å². The van der Waals surface area contributed by atoms with Crippen molar-refractivity contribution in [3.8, 4) is 5.75 Å². The van der Waals surface area contributed by atoms with Gasteiger partial charge < -0.3 is 20.2 Å². The summed E-state index contributed by atoms with van der Waals surface area (Å²) < 4.78 is 24.9. The highest BCUT2D eigenvalue weighted by Crippen LogP contribution is 2.25. The highest BCUT2D eigenvalue weighted by atomic mass is 19.1. The second kappa shape index (κ2) is 11.4. The Hall–Kier alpha value is -4.33. The number of anilines is 2. The molecule has 2 aromatic heterocycles. The second-order valence-electron chi connectivity index (χ2n) is 7.94. The summed E-state index contributed by atoms with van der Waals surface area (Å²) in [5.41, 5.74) is 1.27. The van der Waals surface area contributed by atoms with Crippen molar-refractivity contribution in [1.82, 2.24) is 25.0 Å². The van der Waals surface area contributed by atoms with E-state index in [2.05, 4.69) is 25.3 Å².